The monoisotopic (exact) mass is 345 g/mol. The van der Waals surface area contributed by atoms with Gasteiger partial charge in [-0.1, -0.05) is 13.0 Å². The molecule has 0 aliphatic carbocycles. The zero-order valence-electron chi connectivity index (χ0n) is 12.1. The number of hydrogen-bond acceptors (Lipinski definition) is 5. The summed E-state index contributed by atoms with van der Waals surface area (Å²) < 4.78 is 22.1. The Kier molecular flexibility index (Phi) is 4.93. The van der Waals surface area contributed by atoms with E-state index in [-0.39, 0.29) is 12.4 Å². The number of aliphatic carboxylic acids is 1. The molecule has 9 nitrogen and oxygen atoms in total. The molecule has 4 N–H and O–H groups in total. The Hall–Kier alpha value is -2.09. The molecule has 1 heterocycles. The fraction of sp³-hybridized carbons (Fsp3) is 0.385. The van der Waals surface area contributed by atoms with E-state index in [9.17, 15) is 23.9 Å². The van der Waals surface area contributed by atoms with E-state index in [1.54, 1.807) is 0 Å². The number of amides is 1. The molecule has 1 aromatic rings. The zero-order chi connectivity index (χ0) is 17.2. The number of benzene rings is 1. The Balaban J connectivity index is 2.29. The molecule has 0 spiro atoms. The van der Waals surface area contributed by atoms with E-state index in [4.69, 9.17) is 14.6 Å². The molecular formula is C13H16NO8P. The van der Waals surface area contributed by atoms with Crippen molar-refractivity contribution in [3.63, 3.8) is 0 Å². The molecule has 2 atom stereocenters. The number of fused-ring (bicyclic) bond motifs is 1. The summed E-state index contributed by atoms with van der Waals surface area (Å²) in [6.45, 7) is 0.706. The molecule has 0 fully saturated rings. The molecule has 0 saturated heterocycles. The first-order chi connectivity index (χ1) is 10.7. The third kappa shape index (κ3) is 4.01. The van der Waals surface area contributed by atoms with Crippen LogP contribution in [0, 0.1) is 5.92 Å². The molecule has 0 aromatic heterocycles. The second-order valence-electron chi connectivity index (χ2n) is 5.05. The van der Waals surface area contributed by atoms with Crippen molar-refractivity contribution in [1.82, 2.24) is 5.32 Å². The Morgan fingerprint density at radius 3 is 2.57 bits per heavy atom. The predicted molar refractivity (Wildman–Crippen MR) is 77.2 cm³/mol. The topological polar surface area (TPSA) is 142 Å². The predicted octanol–water partition coefficient (Wildman–Crippen LogP) is 0.471. The van der Waals surface area contributed by atoms with Crippen LogP contribution in [-0.2, 0) is 14.2 Å². The highest BCUT2D eigenvalue weighted by Crippen LogP contribution is 2.56. The van der Waals surface area contributed by atoms with Crippen LogP contribution < -0.4 is 14.8 Å². The van der Waals surface area contributed by atoms with Gasteiger partial charge in [-0.25, -0.2) is 0 Å². The molecule has 23 heavy (non-hydrogen) atoms. The molecule has 1 aliphatic rings. The largest absolute Gasteiger partial charge is 0.480 e. The highest BCUT2D eigenvalue weighted by atomic mass is 31.2. The molecule has 1 aromatic carbocycles. The van der Waals surface area contributed by atoms with Crippen LogP contribution >= 0.6 is 7.60 Å². The summed E-state index contributed by atoms with van der Waals surface area (Å²) in [5, 5.41) is 10.7. The zero-order valence-corrected chi connectivity index (χ0v) is 13.0. The van der Waals surface area contributed by atoms with Gasteiger partial charge in [-0.15, -0.1) is 0 Å². The van der Waals surface area contributed by atoms with Crippen LogP contribution in [0.15, 0.2) is 18.2 Å². The summed E-state index contributed by atoms with van der Waals surface area (Å²) in [5.74, 6) is -2.38. The van der Waals surface area contributed by atoms with Gasteiger partial charge in [0.15, 0.2) is 11.5 Å². The molecular weight excluding hydrogens is 329 g/mol. The summed E-state index contributed by atoms with van der Waals surface area (Å²) in [6.07, 6.45) is 0. The third-order valence-electron chi connectivity index (χ3n) is 3.40. The van der Waals surface area contributed by atoms with Gasteiger partial charge in [0.2, 0.25) is 12.7 Å². The summed E-state index contributed by atoms with van der Waals surface area (Å²) in [7, 11) is -4.68. The molecule has 0 radical (unpaired) electrons. The molecule has 0 bridgehead atoms. The first-order valence-electron chi connectivity index (χ1n) is 6.64. The lowest BCUT2D eigenvalue weighted by atomic mass is 9.99. The van der Waals surface area contributed by atoms with Gasteiger partial charge in [0.1, 0.15) is 6.54 Å². The van der Waals surface area contributed by atoms with Crippen molar-refractivity contribution in [2.75, 3.05) is 13.3 Å². The highest BCUT2D eigenvalue weighted by molar-refractivity contribution is 7.52. The van der Waals surface area contributed by atoms with Crippen molar-refractivity contribution >= 4 is 19.5 Å². The maximum atomic E-state index is 12.0. The molecule has 126 valence electrons. The van der Waals surface area contributed by atoms with Crippen molar-refractivity contribution in [2.24, 2.45) is 5.92 Å². The smallest absolute Gasteiger partial charge is 0.333 e. The number of carboxylic acids is 1. The number of rotatable bonds is 6. The maximum absolute atomic E-state index is 12.0. The Labute approximate surface area is 131 Å². The van der Waals surface area contributed by atoms with Crippen LogP contribution in [0.2, 0.25) is 0 Å². The summed E-state index contributed by atoms with van der Waals surface area (Å²) in [5.41, 5.74) is -1.22. The Bertz CT molecular complexity index is 670. The van der Waals surface area contributed by atoms with E-state index in [0.717, 1.165) is 0 Å². The number of carboxylic acid groups (broad SMARTS) is 1. The van der Waals surface area contributed by atoms with E-state index in [0.29, 0.717) is 11.5 Å². The van der Waals surface area contributed by atoms with E-state index in [1.165, 1.54) is 25.1 Å². The minimum atomic E-state index is -4.68. The second-order valence-corrected chi connectivity index (χ2v) is 6.78. The highest BCUT2D eigenvalue weighted by Gasteiger charge is 2.39. The standard InChI is InChI=1S/C13H16NO8P/c1-7(13(17)14-5-11(15)16)12(23(18,19)20)8-2-3-9-10(4-8)22-6-21-9/h2-4,7,12H,5-6H2,1H3,(H,14,17)(H,15,16)(H2,18,19,20). The van der Waals surface area contributed by atoms with Gasteiger partial charge >= 0.3 is 13.6 Å². The van der Waals surface area contributed by atoms with Crippen molar-refractivity contribution in [3.8, 4) is 11.5 Å². The minimum Gasteiger partial charge on any atom is -0.480 e. The number of carbonyl (C=O) groups excluding carboxylic acids is 1. The molecule has 2 unspecified atom stereocenters. The van der Waals surface area contributed by atoms with Crippen LogP contribution in [0.25, 0.3) is 0 Å². The fourth-order valence-electron chi connectivity index (χ4n) is 2.34. The summed E-state index contributed by atoms with van der Waals surface area (Å²) >= 11 is 0. The van der Waals surface area contributed by atoms with Gasteiger partial charge in [-0.3, -0.25) is 14.2 Å². The van der Waals surface area contributed by atoms with Gasteiger partial charge in [-0.2, -0.15) is 0 Å². The van der Waals surface area contributed by atoms with Crippen molar-refractivity contribution in [1.29, 1.82) is 0 Å². The third-order valence-corrected chi connectivity index (χ3v) is 4.87. The molecule has 2 rings (SSSR count). The van der Waals surface area contributed by atoms with Gasteiger partial charge in [-0.05, 0) is 17.7 Å². The van der Waals surface area contributed by atoms with E-state index in [1.807, 2.05) is 0 Å². The van der Waals surface area contributed by atoms with E-state index < -0.39 is 37.6 Å². The van der Waals surface area contributed by atoms with Gasteiger partial charge < -0.3 is 29.7 Å². The molecule has 1 amide bonds. The molecule has 0 saturated carbocycles. The second kappa shape index (κ2) is 6.57. The van der Waals surface area contributed by atoms with Gasteiger partial charge in [0, 0.05) is 0 Å². The fourth-order valence-corrected chi connectivity index (χ4v) is 3.61. The van der Waals surface area contributed by atoms with E-state index >= 15 is 0 Å². The van der Waals surface area contributed by atoms with Crippen LogP contribution in [0.5, 0.6) is 11.5 Å². The number of carbonyl (C=O) groups is 2. The summed E-state index contributed by atoms with van der Waals surface area (Å²) in [6, 6.07) is 4.35. The maximum Gasteiger partial charge on any atom is 0.333 e. The van der Waals surface area contributed by atoms with Crippen LogP contribution in [0.4, 0.5) is 0 Å². The average Bonchev–Trinajstić information content (AvgIpc) is 2.90. The first-order valence-corrected chi connectivity index (χ1v) is 8.32. The Morgan fingerprint density at radius 2 is 1.96 bits per heavy atom. The average molecular weight is 345 g/mol. The van der Waals surface area contributed by atoms with Gasteiger partial charge in [0.05, 0.1) is 11.6 Å². The first kappa shape index (κ1) is 17.3. The number of hydrogen-bond donors (Lipinski definition) is 4. The van der Waals surface area contributed by atoms with Crippen LogP contribution in [0.3, 0.4) is 0 Å². The van der Waals surface area contributed by atoms with E-state index in [2.05, 4.69) is 5.32 Å². The summed E-state index contributed by atoms with van der Waals surface area (Å²) in [4.78, 5) is 41.7. The number of ether oxygens (including phenoxy) is 2. The Morgan fingerprint density at radius 1 is 1.30 bits per heavy atom. The van der Waals surface area contributed by atoms with Crippen molar-refractivity contribution in [3.05, 3.63) is 23.8 Å². The molecule has 10 heteroatoms. The normalized spacial score (nSPS) is 15.8. The van der Waals surface area contributed by atoms with Crippen LogP contribution in [0.1, 0.15) is 18.1 Å². The molecule has 1 aliphatic heterocycles. The van der Waals surface area contributed by atoms with Crippen molar-refractivity contribution < 1.29 is 38.5 Å². The SMILES string of the molecule is CC(C(=O)NCC(=O)O)C(c1ccc2c(c1)OCO2)P(=O)(O)O. The lowest BCUT2D eigenvalue weighted by Crippen LogP contribution is -2.35. The lowest BCUT2D eigenvalue weighted by molar-refractivity contribution is -0.138. The van der Waals surface area contributed by atoms with Crippen LogP contribution in [-0.4, -0.2) is 40.1 Å². The minimum absolute atomic E-state index is 0.00795. The lowest BCUT2D eigenvalue weighted by Gasteiger charge is -2.24. The quantitative estimate of drug-likeness (QED) is 0.545. The van der Waals surface area contributed by atoms with Crippen molar-refractivity contribution in [2.45, 2.75) is 12.6 Å². The van der Waals surface area contributed by atoms with Gasteiger partial charge in [0.25, 0.3) is 0 Å². The number of nitrogens with one attached hydrogen (secondary N) is 1.